The van der Waals surface area contributed by atoms with Gasteiger partial charge in [0.05, 0.1) is 0 Å². The Kier molecular flexibility index (Phi) is 5.29. The molecule has 0 heteroatoms. The molecule has 0 unspecified atom stereocenters. The lowest BCUT2D eigenvalue weighted by molar-refractivity contribution is 0.313. The predicted octanol–water partition coefficient (Wildman–Crippen LogP) is 4.95. The average Bonchev–Trinajstić information content (AvgIpc) is 2.18. The van der Waals surface area contributed by atoms with E-state index in [4.69, 9.17) is 0 Å². The molecule has 0 radical (unpaired) electrons. The molecule has 1 saturated carbocycles. The van der Waals surface area contributed by atoms with Gasteiger partial charge in [-0.1, -0.05) is 58.1 Å². The van der Waals surface area contributed by atoms with Crippen molar-refractivity contribution in [2.45, 2.75) is 65.2 Å². The van der Waals surface area contributed by atoms with Gasteiger partial charge in [0, 0.05) is 0 Å². The first-order valence-electron chi connectivity index (χ1n) is 6.43. The summed E-state index contributed by atoms with van der Waals surface area (Å²) in [7, 11) is 0. The number of allylic oxidation sites excluding steroid dienone is 1. The maximum absolute atomic E-state index is 4.24. The lowest BCUT2D eigenvalue weighted by Crippen LogP contribution is -2.17. The molecule has 1 rings (SSSR count). The molecule has 2 atom stereocenters. The summed E-state index contributed by atoms with van der Waals surface area (Å²) >= 11 is 0. The average molecular weight is 194 g/mol. The van der Waals surface area contributed by atoms with Crippen LogP contribution in [0.25, 0.3) is 0 Å². The second-order valence-corrected chi connectivity index (χ2v) is 4.98. The smallest absolute Gasteiger partial charge is 0.0180 e. The van der Waals surface area contributed by atoms with Crippen LogP contribution in [0.4, 0.5) is 0 Å². The third kappa shape index (κ3) is 3.48. The fraction of sp³-hybridized carbons (Fsp3) is 0.857. The molecule has 1 fully saturated rings. The Bertz CT molecular complexity index is 169. The van der Waals surface area contributed by atoms with Crippen LogP contribution in [0.1, 0.15) is 65.2 Å². The van der Waals surface area contributed by atoms with Crippen LogP contribution in [0.2, 0.25) is 0 Å². The van der Waals surface area contributed by atoms with E-state index in [2.05, 4.69) is 20.4 Å². The second kappa shape index (κ2) is 6.27. The molecule has 0 heterocycles. The Morgan fingerprint density at radius 1 is 1.36 bits per heavy atom. The largest absolute Gasteiger partial charge is 0.0996 e. The molecular weight excluding hydrogens is 168 g/mol. The van der Waals surface area contributed by atoms with E-state index in [1.54, 1.807) is 5.57 Å². The van der Waals surface area contributed by atoms with Gasteiger partial charge in [-0.25, -0.2) is 0 Å². The van der Waals surface area contributed by atoms with E-state index in [0.29, 0.717) is 0 Å². The summed E-state index contributed by atoms with van der Waals surface area (Å²) in [5.74, 6) is 1.73. The van der Waals surface area contributed by atoms with Crippen molar-refractivity contribution in [3.8, 4) is 0 Å². The van der Waals surface area contributed by atoms with E-state index in [1.807, 2.05) is 0 Å². The highest BCUT2D eigenvalue weighted by Crippen LogP contribution is 2.35. The molecule has 0 aromatic heterocycles. The zero-order valence-corrected chi connectivity index (χ0v) is 10.0. The molecule has 1 aliphatic carbocycles. The van der Waals surface area contributed by atoms with Gasteiger partial charge in [0.15, 0.2) is 0 Å². The third-order valence-corrected chi connectivity index (χ3v) is 3.74. The zero-order chi connectivity index (χ0) is 10.4. The number of hydrogen-bond acceptors (Lipinski definition) is 0. The number of hydrogen-bond donors (Lipinski definition) is 0. The van der Waals surface area contributed by atoms with Crippen molar-refractivity contribution < 1.29 is 0 Å². The van der Waals surface area contributed by atoms with Crippen molar-refractivity contribution in [1.29, 1.82) is 0 Å². The van der Waals surface area contributed by atoms with Gasteiger partial charge in [-0.15, -0.1) is 0 Å². The predicted molar refractivity (Wildman–Crippen MR) is 64.4 cm³/mol. The van der Waals surface area contributed by atoms with Gasteiger partial charge in [0.2, 0.25) is 0 Å². The molecule has 0 aromatic rings. The third-order valence-electron chi connectivity index (χ3n) is 3.74. The van der Waals surface area contributed by atoms with Crippen LogP contribution in [0.5, 0.6) is 0 Å². The molecule has 0 bridgehead atoms. The monoisotopic (exact) mass is 194 g/mol. The number of rotatable bonds is 5. The van der Waals surface area contributed by atoms with Gasteiger partial charge in [-0.3, -0.25) is 0 Å². The molecule has 0 spiro atoms. The second-order valence-electron chi connectivity index (χ2n) is 4.98. The van der Waals surface area contributed by atoms with E-state index in [-0.39, 0.29) is 0 Å². The zero-order valence-electron chi connectivity index (χ0n) is 10.0. The summed E-state index contributed by atoms with van der Waals surface area (Å²) in [4.78, 5) is 0. The van der Waals surface area contributed by atoms with Crippen LogP contribution in [0, 0.1) is 11.8 Å². The van der Waals surface area contributed by atoms with Crippen molar-refractivity contribution in [2.75, 3.05) is 0 Å². The van der Waals surface area contributed by atoms with Crippen molar-refractivity contribution in [1.82, 2.24) is 0 Å². The molecule has 0 N–H and O–H groups in total. The summed E-state index contributed by atoms with van der Waals surface area (Å²) in [6.07, 6.45) is 11.1. The standard InChI is InChI=1S/C14H26/c1-4-5-6-9-12(2)14-11-8-7-10-13(14)3/h12,14H,3-11H2,1-2H3/t12-,14-/m1/s1. The molecular formula is C14H26. The van der Waals surface area contributed by atoms with Crippen molar-refractivity contribution >= 4 is 0 Å². The first kappa shape index (κ1) is 11.8. The highest BCUT2D eigenvalue weighted by Gasteiger charge is 2.22. The Balaban J connectivity index is 2.27. The minimum absolute atomic E-state index is 0.848. The molecule has 0 aliphatic heterocycles. The van der Waals surface area contributed by atoms with Crippen molar-refractivity contribution in [3.63, 3.8) is 0 Å². The van der Waals surface area contributed by atoms with Crippen molar-refractivity contribution in [2.24, 2.45) is 11.8 Å². The van der Waals surface area contributed by atoms with Gasteiger partial charge in [-0.2, -0.15) is 0 Å². The normalized spacial score (nSPS) is 25.0. The summed E-state index contributed by atoms with van der Waals surface area (Å²) in [5.41, 5.74) is 1.54. The maximum atomic E-state index is 4.24. The summed E-state index contributed by atoms with van der Waals surface area (Å²) < 4.78 is 0. The van der Waals surface area contributed by atoms with Crippen LogP contribution in [-0.4, -0.2) is 0 Å². The minimum atomic E-state index is 0.848. The first-order chi connectivity index (χ1) is 6.75. The van der Waals surface area contributed by atoms with Gasteiger partial charge >= 0.3 is 0 Å². The fourth-order valence-corrected chi connectivity index (χ4v) is 2.71. The van der Waals surface area contributed by atoms with Crippen molar-refractivity contribution in [3.05, 3.63) is 12.2 Å². The van der Waals surface area contributed by atoms with E-state index >= 15 is 0 Å². The van der Waals surface area contributed by atoms with Gasteiger partial charge < -0.3 is 0 Å². The molecule has 14 heavy (non-hydrogen) atoms. The first-order valence-corrected chi connectivity index (χ1v) is 6.43. The van der Waals surface area contributed by atoms with Gasteiger partial charge in [0.1, 0.15) is 0 Å². The quantitative estimate of drug-likeness (QED) is 0.429. The summed E-state index contributed by atoms with van der Waals surface area (Å²) in [6.45, 7) is 8.95. The molecule has 0 saturated heterocycles. The van der Waals surface area contributed by atoms with Crippen LogP contribution < -0.4 is 0 Å². The molecule has 1 aliphatic rings. The summed E-state index contributed by atoms with van der Waals surface area (Å²) in [5, 5.41) is 0. The van der Waals surface area contributed by atoms with Crippen LogP contribution in [0.15, 0.2) is 12.2 Å². The molecule has 0 amide bonds. The summed E-state index contributed by atoms with van der Waals surface area (Å²) in [6, 6.07) is 0. The lowest BCUT2D eigenvalue weighted by atomic mass is 9.76. The molecule has 0 aromatic carbocycles. The van der Waals surface area contributed by atoms with E-state index in [9.17, 15) is 0 Å². The topological polar surface area (TPSA) is 0 Å². The van der Waals surface area contributed by atoms with Gasteiger partial charge in [0.25, 0.3) is 0 Å². The Morgan fingerprint density at radius 2 is 2.14 bits per heavy atom. The Morgan fingerprint density at radius 3 is 2.79 bits per heavy atom. The fourth-order valence-electron chi connectivity index (χ4n) is 2.71. The highest BCUT2D eigenvalue weighted by atomic mass is 14.3. The Labute approximate surface area is 89.8 Å². The van der Waals surface area contributed by atoms with Crippen LogP contribution in [-0.2, 0) is 0 Å². The Hall–Kier alpha value is -0.260. The number of unbranched alkanes of at least 4 members (excludes halogenated alkanes) is 2. The minimum Gasteiger partial charge on any atom is -0.0996 e. The maximum Gasteiger partial charge on any atom is -0.0180 e. The van der Waals surface area contributed by atoms with Crippen LogP contribution >= 0.6 is 0 Å². The highest BCUT2D eigenvalue weighted by molar-refractivity contribution is 5.04. The van der Waals surface area contributed by atoms with Gasteiger partial charge in [-0.05, 0) is 31.1 Å². The molecule has 82 valence electrons. The molecule has 0 nitrogen and oxygen atoms in total. The van der Waals surface area contributed by atoms with E-state index in [0.717, 1.165) is 11.8 Å². The lowest BCUT2D eigenvalue weighted by Gasteiger charge is -2.30. The SMILES string of the molecule is C=C1CCCC[C@@H]1[C@H](C)CCCCC. The van der Waals surface area contributed by atoms with E-state index < -0.39 is 0 Å². The van der Waals surface area contributed by atoms with E-state index in [1.165, 1.54) is 51.4 Å². The van der Waals surface area contributed by atoms with Crippen LogP contribution in [0.3, 0.4) is 0 Å².